The second-order valence-electron chi connectivity index (χ2n) is 5.76. The van der Waals surface area contributed by atoms with Crippen molar-refractivity contribution in [2.45, 2.75) is 38.8 Å². The maximum Gasteiger partial charge on any atom is 0.321 e. The van der Waals surface area contributed by atoms with Crippen LogP contribution in [0.5, 0.6) is 0 Å². The lowest BCUT2D eigenvalue weighted by atomic mass is 10.1. The van der Waals surface area contributed by atoms with Gasteiger partial charge in [0.25, 0.3) is 0 Å². The summed E-state index contributed by atoms with van der Waals surface area (Å²) in [6.07, 6.45) is 1.04. The van der Waals surface area contributed by atoms with Gasteiger partial charge in [0, 0.05) is 24.7 Å². The van der Waals surface area contributed by atoms with Crippen LogP contribution < -0.4 is 16.0 Å². The van der Waals surface area contributed by atoms with Gasteiger partial charge in [0.1, 0.15) is 0 Å². The number of likely N-dealkylation sites (tertiary alicyclic amines) is 1. The molecule has 3 N–H and O–H groups in total. The smallest absolute Gasteiger partial charge is 0.321 e. The lowest BCUT2D eigenvalue weighted by Gasteiger charge is -2.21. The molecule has 1 heterocycles. The number of likely N-dealkylation sites (N-methyl/N-ethyl adjacent to an activating group) is 1. The molecule has 1 atom stereocenters. The molecule has 0 saturated carbocycles. The highest BCUT2D eigenvalue weighted by Gasteiger charge is 2.23. The highest BCUT2D eigenvalue weighted by atomic mass is 35.5. The minimum Gasteiger partial charge on any atom is -0.333 e. The molecule has 0 aliphatic carbocycles. The van der Waals surface area contributed by atoms with Crippen LogP contribution >= 0.6 is 12.4 Å². The molecule has 0 spiro atoms. The first-order valence-corrected chi connectivity index (χ1v) is 6.32. The third-order valence-electron chi connectivity index (χ3n) is 2.79. The van der Waals surface area contributed by atoms with Crippen molar-refractivity contribution in [3.8, 4) is 0 Å². The number of rotatable bonds is 3. The summed E-state index contributed by atoms with van der Waals surface area (Å²) in [5, 5.41) is 8.22. The summed E-state index contributed by atoms with van der Waals surface area (Å²) < 4.78 is 0. The van der Waals surface area contributed by atoms with Crippen LogP contribution in [0.3, 0.4) is 0 Å². The summed E-state index contributed by atoms with van der Waals surface area (Å²) in [6, 6.07) is 0.0121. The Morgan fingerprint density at radius 1 is 1.32 bits per heavy atom. The number of urea groups is 1. The molecule has 1 unspecified atom stereocenters. The van der Waals surface area contributed by atoms with E-state index in [9.17, 15) is 9.59 Å². The Kier molecular flexibility index (Phi) is 7.33. The van der Waals surface area contributed by atoms with Gasteiger partial charge < -0.3 is 10.6 Å². The fourth-order valence-electron chi connectivity index (χ4n) is 1.95. The van der Waals surface area contributed by atoms with E-state index in [1.165, 1.54) is 0 Å². The van der Waals surface area contributed by atoms with Crippen LogP contribution in [0.1, 0.15) is 27.2 Å². The number of nitrogens with one attached hydrogen (secondary N) is 3. The first-order chi connectivity index (χ1) is 8.30. The van der Waals surface area contributed by atoms with Crippen molar-refractivity contribution in [1.29, 1.82) is 0 Å². The van der Waals surface area contributed by atoms with Gasteiger partial charge in [-0.05, 0) is 34.2 Å². The average Bonchev–Trinajstić information content (AvgIpc) is 2.61. The molecule has 1 fully saturated rings. The zero-order valence-corrected chi connectivity index (χ0v) is 12.9. The Hall–Kier alpha value is -0.850. The van der Waals surface area contributed by atoms with Gasteiger partial charge in [-0.25, -0.2) is 4.79 Å². The zero-order valence-electron chi connectivity index (χ0n) is 12.1. The van der Waals surface area contributed by atoms with Crippen LogP contribution in [-0.4, -0.2) is 55.1 Å². The second kappa shape index (κ2) is 7.67. The van der Waals surface area contributed by atoms with Crippen molar-refractivity contribution >= 4 is 24.3 Å². The molecule has 1 rings (SSSR count). The SMILES string of the molecule is CNC1CCN(CC(=O)NC(=O)NC(C)(C)C)C1.Cl. The molecule has 0 aromatic rings. The number of carbonyl (C=O) groups is 2. The van der Waals surface area contributed by atoms with E-state index in [4.69, 9.17) is 0 Å². The number of hydrogen-bond donors (Lipinski definition) is 3. The third-order valence-corrected chi connectivity index (χ3v) is 2.79. The van der Waals surface area contributed by atoms with E-state index in [1.54, 1.807) is 0 Å². The lowest BCUT2D eigenvalue weighted by Crippen LogP contribution is -2.50. The van der Waals surface area contributed by atoms with E-state index < -0.39 is 6.03 Å². The van der Waals surface area contributed by atoms with Crippen molar-refractivity contribution in [3.63, 3.8) is 0 Å². The maximum atomic E-state index is 11.7. The number of halogens is 1. The summed E-state index contributed by atoms with van der Waals surface area (Å²) in [5.41, 5.74) is -0.338. The number of nitrogens with zero attached hydrogens (tertiary/aromatic N) is 1. The normalized spacial score (nSPS) is 19.7. The van der Waals surface area contributed by atoms with Gasteiger partial charge in [0.15, 0.2) is 0 Å². The minimum atomic E-state index is -0.433. The summed E-state index contributed by atoms with van der Waals surface area (Å²) in [5.74, 6) is -0.256. The van der Waals surface area contributed by atoms with Gasteiger partial charge in [-0.15, -0.1) is 12.4 Å². The molecular weight excluding hydrogens is 268 g/mol. The van der Waals surface area contributed by atoms with Gasteiger partial charge >= 0.3 is 6.03 Å². The van der Waals surface area contributed by atoms with E-state index in [0.29, 0.717) is 6.04 Å². The molecular formula is C12H25ClN4O2. The summed E-state index contributed by atoms with van der Waals surface area (Å²) in [7, 11) is 1.92. The number of amides is 3. The van der Waals surface area contributed by atoms with E-state index >= 15 is 0 Å². The number of carbonyl (C=O) groups excluding carboxylic acids is 2. The van der Waals surface area contributed by atoms with Crippen LogP contribution in [0, 0.1) is 0 Å². The van der Waals surface area contributed by atoms with Crippen LogP contribution in [0.4, 0.5) is 4.79 Å². The van der Waals surface area contributed by atoms with Crippen molar-refractivity contribution in [3.05, 3.63) is 0 Å². The molecule has 7 heteroatoms. The molecule has 112 valence electrons. The lowest BCUT2D eigenvalue weighted by molar-refractivity contribution is -0.120. The van der Waals surface area contributed by atoms with E-state index in [0.717, 1.165) is 19.5 Å². The minimum absolute atomic E-state index is 0. The number of hydrogen-bond acceptors (Lipinski definition) is 4. The average molecular weight is 293 g/mol. The molecule has 0 aromatic heterocycles. The first-order valence-electron chi connectivity index (χ1n) is 6.32. The Balaban J connectivity index is 0.00000324. The topological polar surface area (TPSA) is 73.5 Å². The standard InChI is InChI=1S/C12H24N4O2.ClH/c1-12(2,3)15-11(18)14-10(17)8-16-6-5-9(7-16)13-4;/h9,13H,5-8H2,1-4H3,(H2,14,15,17,18);1H. The highest BCUT2D eigenvalue weighted by molar-refractivity contribution is 5.95. The molecule has 3 amide bonds. The van der Waals surface area contributed by atoms with Crippen LogP contribution in [0.15, 0.2) is 0 Å². The Labute approximate surface area is 121 Å². The molecule has 6 nitrogen and oxygen atoms in total. The van der Waals surface area contributed by atoms with Gasteiger partial charge in [-0.1, -0.05) is 0 Å². The van der Waals surface area contributed by atoms with Crippen molar-refractivity contribution in [1.82, 2.24) is 20.9 Å². The van der Waals surface area contributed by atoms with Gasteiger partial charge in [0.2, 0.25) is 5.91 Å². The molecule has 1 aliphatic heterocycles. The predicted octanol–water partition coefficient (Wildman–Crippen LogP) is 0.326. The maximum absolute atomic E-state index is 11.7. The molecule has 0 aromatic carbocycles. The molecule has 19 heavy (non-hydrogen) atoms. The Bertz CT molecular complexity index is 317. The summed E-state index contributed by atoms with van der Waals surface area (Å²) >= 11 is 0. The van der Waals surface area contributed by atoms with Gasteiger partial charge in [-0.2, -0.15) is 0 Å². The fourth-order valence-corrected chi connectivity index (χ4v) is 1.95. The fraction of sp³-hybridized carbons (Fsp3) is 0.833. The van der Waals surface area contributed by atoms with Gasteiger partial charge in [-0.3, -0.25) is 15.0 Å². The van der Waals surface area contributed by atoms with Crippen molar-refractivity contribution in [2.24, 2.45) is 0 Å². The van der Waals surface area contributed by atoms with Crippen molar-refractivity contribution in [2.75, 3.05) is 26.7 Å². The zero-order chi connectivity index (χ0) is 13.8. The second-order valence-corrected chi connectivity index (χ2v) is 5.76. The molecule has 1 aliphatic rings. The van der Waals surface area contributed by atoms with Crippen LogP contribution in [0.25, 0.3) is 0 Å². The molecule has 0 radical (unpaired) electrons. The van der Waals surface area contributed by atoms with Crippen molar-refractivity contribution < 1.29 is 9.59 Å². The van der Waals surface area contributed by atoms with E-state index in [1.807, 2.05) is 32.7 Å². The van der Waals surface area contributed by atoms with Crippen LogP contribution in [-0.2, 0) is 4.79 Å². The number of imide groups is 1. The summed E-state index contributed by atoms with van der Waals surface area (Å²) in [4.78, 5) is 25.2. The highest BCUT2D eigenvalue weighted by Crippen LogP contribution is 2.07. The first kappa shape index (κ1) is 18.1. The largest absolute Gasteiger partial charge is 0.333 e. The van der Waals surface area contributed by atoms with E-state index in [2.05, 4.69) is 16.0 Å². The molecule has 1 saturated heterocycles. The van der Waals surface area contributed by atoms with E-state index in [-0.39, 0.29) is 30.4 Å². The Morgan fingerprint density at radius 2 is 1.95 bits per heavy atom. The Morgan fingerprint density at radius 3 is 2.42 bits per heavy atom. The molecule has 0 bridgehead atoms. The summed E-state index contributed by atoms with van der Waals surface area (Å²) in [6.45, 7) is 7.62. The quantitative estimate of drug-likeness (QED) is 0.701. The van der Waals surface area contributed by atoms with Crippen LogP contribution in [0.2, 0.25) is 0 Å². The third kappa shape index (κ3) is 7.34. The monoisotopic (exact) mass is 292 g/mol. The van der Waals surface area contributed by atoms with Gasteiger partial charge in [0.05, 0.1) is 6.54 Å². The predicted molar refractivity (Wildman–Crippen MR) is 77.6 cm³/mol.